The van der Waals surface area contributed by atoms with Crippen molar-refractivity contribution in [1.29, 1.82) is 0 Å². The Hall–Kier alpha value is -7.82. The fourth-order valence-corrected chi connectivity index (χ4v) is 8.30. The summed E-state index contributed by atoms with van der Waals surface area (Å²) in [6, 6.07) is 74.4. The number of hydrogen-bond donors (Lipinski definition) is 0. The zero-order valence-electron chi connectivity index (χ0n) is 31.5. The number of nitrogens with zero attached hydrogens (tertiary/aromatic N) is 3. The molecule has 0 aliphatic rings. The van der Waals surface area contributed by atoms with Crippen LogP contribution in [0.2, 0.25) is 0 Å². The fourth-order valence-electron chi connectivity index (χ4n) is 8.30. The zero-order valence-corrected chi connectivity index (χ0v) is 31.5. The molecule has 0 aliphatic heterocycles. The van der Waals surface area contributed by atoms with Gasteiger partial charge in [0.05, 0.1) is 17.1 Å². The number of fused-ring (bicyclic) bond motifs is 6. The number of hydrogen-bond acceptors (Lipinski definition) is 4. The van der Waals surface area contributed by atoms with Gasteiger partial charge in [0.15, 0.2) is 5.82 Å². The van der Waals surface area contributed by atoms with Crippen LogP contribution in [-0.2, 0) is 0 Å². The first-order valence-corrected chi connectivity index (χ1v) is 19.6. The summed E-state index contributed by atoms with van der Waals surface area (Å²) in [7, 11) is 0. The van der Waals surface area contributed by atoms with Crippen molar-refractivity contribution in [3.63, 3.8) is 0 Å². The Labute approximate surface area is 335 Å². The summed E-state index contributed by atoms with van der Waals surface area (Å²) in [4.78, 5) is 12.6. The van der Waals surface area contributed by atoms with E-state index in [0.29, 0.717) is 5.82 Å². The van der Waals surface area contributed by atoms with E-state index < -0.39 is 0 Å². The molecule has 58 heavy (non-hydrogen) atoms. The lowest BCUT2D eigenvalue weighted by Gasteiger charge is -2.27. The van der Waals surface area contributed by atoms with Gasteiger partial charge in [0.25, 0.3) is 0 Å². The molecule has 0 N–H and O–H groups in total. The molecule has 2 aromatic heterocycles. The van der Waals surface area contributed by atoms with Gasteiger partial charge in [-0.05, 0) is 69.8 Å². The molecule has 0 saturated heterocycles. The van der Waals surface area contributed by atoms with Crippen LogP contribution in [0.5, 0.6) is 0 Å². The van der Waals surface area contributed by atoms with Gasteiger partial charge in [0.2, 0.25) is 0 Å². The highest BCUT2D eigenvalue weighted by atomic mass is 16.3. The number of para-hydroxylation sites is 1. The minimum Gasteiger partial charge on any atom is -0.456 e. The van der Waals surface area contributed by atoms with Gasteiger partial charge in [-0.1, -0.05) is 164 Å². The number of anilines is 3. The Bertz CT molecular complexity index is 3210. The van der Waals surface area contributed by atoms with Gasteiger partial charge in [-0.15, -0.1) is 0 Å². The first-order chi connectivity index (χ1) is 28.7. The van der Waals surface area contributed by atoms with Gasteiger partial charge in [-0.3, -0.25) is 0 Å². The summed E-state index contributed by atoms with van der Waals surface area (Å²) in [6.45, 7) is 0. The highest BCUT2D eigenvalue weighted by molar-refractivity contribution is 6.25. The van der Waals surface area contributed by atoms with Crippen LogP contribution in [0.1, 0.15) is 0 Å². The number of furan rings is 1. The molecular formula is C54H35N3O. The highest BCUT2D eigenvalue weighted by Crippen LogP contribution is 2.47. The fraction of sp³-hybridized carbons (Fsp3) is 0. The van der Waals surface area contributed by atoms with Crippen LogP contribution in [0.15, 0.2) is 217 Å². The summed E-state index contributed by atoms with van der Waals surface area (Å²) in [5.41, 5.74) is 11.8. The third-order valence-corrected chi connectivity index (χ3v) is 11.0. The Morgan fingerprint density at radius 3 is 1.76 bits per heavy atom. The molecule has 2 heterocycles. The van der Waals surface area contributed by atoms with Gasteiger partial charge in [-0.2, -0.15) is 0 Å². The van der Waals surface area contributed by atoms with Crippen LogP contribution < -0.4 is 4.90 Å². The Morgan fingerprint density at radius 2 is 0.983 bits per heavy atom. The van der Waals surface area contributed by atoms with Crippen molar-refractivity contribution in [2.75, 3.05) is 4.90 Å². The molecule has 272 valence electrons. The van der Waals surface area contributed by atoms with Crippen LogP contribution in [0.4, 0.5) is 17.1 Å². The molecular weight excluding hydrogens is 707 g/mol. The monoisotopic (exact) mass is 741 g/mol. The van der Waals surface area contributed by atoms with E-state index in [9.17, 15) is 0 Å². The molecule has 0 unspecified atom stereocenters. The van der Waals surface area contributed by atoms with Crippen molar-refractivity contribution in [1.82, 2.24) is 9.97 Å². The lowest BCUT2D eigenvalue weighted by molar-refractivity contribution is 0.669. The van der Waals surface area contributed by atoms with Gasteiger partial charge in [0, 0.05) is 50.3 Å². The average molecular weight is 742 g/mol. The maximum atomic E-state index is 6.86. The van der Waals surface area contributed by atoms with E-state index >= 15 is 0 Å². The second-order valence-electron chi connectivity index (χ2n) is 14.6. The van der Waals surface area contributed by atoms with E-state index in [1.807, 2.05) is 36.4 Å². The van der Waals surface area contributed by atoms with Crippen LogP contribution >= 0.6 is 0 Å². The highest BCUT2D eigenvalue weighted by Gasteiger charge is 2.23. The van der Waals surface area contributed by atoms with Crippen molar-refractivity contribution in [2.24, 2.45) is 0 Å². The second kappa shape index (κ2) is 14.0. The maximum absolute atomic E-state index is 6.86. The molecule has 4 heteroatoms. The smallest absolute Gasteiger partial charge is 0.160 e. The molecule has 0 saturated carbocycles. The third-order valence-electron chi connectivity index (χ3n) is 11.0. The van der Waals surface area contributed by atoms with Crippen LogP contribution in [0.3, 0.4) is 0 Å². The lowest BCUT2D eigenvalue weighted by Crippen LogP contribution is -2.10. The lowest BCUT2D eigenvalue weighted by atomic mass is 9.96. The van der Waals surface area contributed by atoms with E-state index in [0.717, 1.165) is 77.9 Å². The van der Waals surface area contributed by atoms with Gasteiger partial charge >= 0.3 is 0 Å². The zero-order chi connectivity index (χ0) is 38.4. The van der Waals surface area contributed by atoms with Gasteiger partial charge < -0.3 is 9.32 Å². The molecule has 0 fully saturated rings. The van der Waals surface area contributed by atoms with Crippen molar-refractivity contribution in [3.05, 3.63) is 212 Å². The van der Waals surface area contributed by atoms with Crippen LogP contribution in [-0.4, -0.2) is 9.97 Å². The third kappa shape index (κ3) is 5.87. The minimum absolute atomic E-state index is 0.680. The van der Waals surface area contributed by atoms with E-state index in [1.165, 1.54) is 21.9 Å². The SMILES string of the molecule is c1ccc(-c2cc(-c3cccc4oc5cc(N(c6ccccc6)c6ccc(-c7ccc8ccccc8c7)cc6)c6ccccc6c5c34)nc(-c3ccccc3)n2)cc1. The molecule has 0 atom stereocenters. The normalized spacial score (nSPS) is 11.4. The number of rotatable bonds is 7. The summed E-state index contributed by atoms with van der Waals surface area (Å²) < 4.78 is 6.86. The largest absolute Gasteiger partial charge is 0.456 e. The van der Waals surface area contributed by atoms with E-state index in [4.69, 9.17) is 14.4 Å². The van der Waals surface area contributed by atoms with Crippen LogP contribution in [0, 0.1) is 0 Å². The average Bonchev–Trinajstić information content (AvgIpc) is 3.69. The first kappa shape index (κ1) is 33.5. The standard InChI is InChI=1S/C54H35N3O/c1-4-16-38(17-5-1)47-34-48(56-54(55-47)39-18-6-2-7-19-39)46-25-14-26-50-53(46)52-45-24-13-12-23-44(45)49(35-51(52)58-50)57(42-21-8-3-9-22-42)43-31-29-37(30-32-43)41-28-27-36-15-10-11-20-40(36)33-41/h1-35H. The summed E-state index contributed by atoms with van der Waals surface area (Å²) in [5, 5.41) is 6.79. The molecule has 9 aromatic carbocycles. The molecule has 11 rings (SSSR count). The summed E-state index contributed by atoms with van der Waals surface area (Å²) >= 11 is 0. The second-order valence-corrected chi connectivity index (χ2v) is 14.6. The van der Waals surface area contributed by atoms with Gasteiger partial charge in [0.1, 0.15) is 11.2 Å². The van der Waals surface area contributed by atoms with E-state index in [-0.39, 0.29) is 0 Å². The molecule has 0 spiro atoms. The predicted molar refractivity (Wildman–Crippen MR) is 241 cm³/mol. The Morgan fingerprint density at radius 1 is 0.362 bits per heavy atom. The molecule has 11 aromatic rings. The van der Waals surface area contributed by atoms with E-state index in [2.05, 4.69) is 181 Å². The quantitative estimate of drug-likeness (QED) is 0.163. The Kier molecular flexibility index (Phi) is 8.11. The summed E-state index contributed by atoms with van der Waals surface area (Å²) in [5.74, 6) is 0.680. The van der Waals surface area contributed by atoms with Gasteiger partial charge in [-0.25, -0.2) is 9.97 Å². The molecule has 0 aliphatic carbocycles. The number of aromatic nitrogens is 2. The predicted octanol–water partition coefficient (Wildman–Crippen LogP) is 14.8. The minimum atomic E-state index is 0.680. The topological polar surface area (TPSA) is 42.2 Å². The van der Waals surface area contributed by atoms with Crippen molar-refractivity contribution in [2.45, 2.75) is 0 Å². The molecule has 0 bridgehead atoms. The van der Waals surface area contributed by atoms with E-state index in [1.54, 1.807) is 0 Å². The van der Waals surface area contributed by atoms with Crippen molar-refractivity contribution < 1.29 is 4.42 Å². The van der Waals surface area contributed by atoms with Crippen molar-refractivity contribution in [3.8, 4) is 45.0 Å². The summed E-state index contributed by atoms with van der Waals surface area (Å²) in [6.07, 6.45) is 0. The molecule has 0 amide bonds. The van der Waals surface area contributed by atoms with Crippen molar-refractivity contribution >= 4 is 60.5 Å². The van der Waals surface area contributed by atoms with Crippen LogP contribution in [0.25, 0.3) is 88.5 Å². The molecule has 0 radical (unpaired) electrons. The molecule has 4 nitrogen and oxygen atoms in total. The Balaban J connectivity index is 1.10. The number of benzene rings is 9. The first-order valence-electron chi connectivity index (χ1n) is 19.6. The maximum Gasteiger partial charge on any atom is 0.160 e.